The summed E-state index contributed by atoms with van der Waals surface area (Å²) in [5.74, 6) is 0.344. The molecule has 1 aromatic carbocycles. The van der Waals surface area contributed by atoms with Gasteiger partial charge in [-0.3, -0.25) is 14.9 Å². The van der Waals surface area contributed by atoms with Gasteiger partial charge in [0, 0.05) is 35.4 Å². The van der Waals surface area contributed by atoms with Crippen molar-refractivity contribution in [3.8, 4) is 5.75 Å². The van der Waals surface area contributed by atoms with Crippen LogP contribution in [0.4, 0.5) is 5.69 Å². The van der Waals surface area contributed by atoms with E-state index in [2.05, 4.69) is 5.32 Å². The summed E-state index contributed by atoms with van der Waals surface area (Å²) in [5, 5.41) is 14.0. The average Bonchev–Trinajstić information content (AvgIpc) is 3.05. The summed E-state index contributed by atoms with van der Waals surface area (Å²) in [5.41, 5.74) is 1.08. The Hall–Kier alpha value is -2.41. The van der Waals surface area contributed by atoms with Crippen molar-refractivity contribution in [2.45, 2.75) is 38.3 Å². The summed E-state index contributed by atoms with van der Waals surface area (Å²) in [6.07, 6.45) is 7.25. The van der Waals surface area contributed by atoms with Crippen molar-refractivity contribution in [3.05, 3.63) is 39.4 Å². The molecule has 1 amide bonds. The van der Waals surface area contributed by atoms with Crippen LogP contribution in [0.5, 0.6) is 5.75 Å². The second kappa shape index (κ2) is 6.78. The highest BCUT2D eigenvalue weighted by Gasteiger charge is 2.20. The van der Waals surface area contributed by atoms with Crippen molar-refractivity contribution in [3.63, 3.8) is 0 Å². The molecule has 1 aliphatic carbocycles. The number of carbonyl (C=O) groups is 1. The molecule has 0 unspecified atom stereocenters. The lowest BCUT2D eigenvalue weighted by atomic mass is 10.1. The van der Waals surface area contributed by atoms with Crippen molar-refractivity contribution >= 4 is 17.7 Å². The fourth-order valence-corrected chi connectivity index (χ4v) is 2.95. The molecule has 0 atom stereocenters. The minimum Gasteiger partial charge on any atom is -0.467 e. The molecule has 0 saturated heterocycles. The van der Waals surface area contributed by atoms with Gasteiger partial charge in [0.15, 0.2) is 6.79 Å². The van der Waals surface area contributed by atoms with E-state index in [-0.39, 0.29) is 31.0 Å². The largest absolute Gasteiger partial charge is 0.467 e. The zero-order valence-electron chi connectivity index (χ0n) is 12.6. The number of fused-ring (bicyclic) bond motifs is 1. The van der Waals surface area contributed by atoms with E-state index in [1.54, 1.807) is 6.08 Å². The molecule has 1 aromatic rings. The highest BCUT2D eigenvalue weighted by molar-refractivity contribution is 5.92. The van der Waals surface area contributed by atoms with Crippen molar-refractivity contribution < 1.29 is 19.2 Å². The monoisotopic (exact) mass is 318 g/mol. The molecule has 23 heavy (non-hydrogen) atoms. The molecule has 0 spiro atoms. The molecule has 3 rings (SSSR count). The van der Waals surface area contributed by atoms with Gasteiger partial charge >= 0.3 is 0 Å². The summed E-state index contributed by atoms with van der Waals surface area (Å²) in [4.78, 5) is 22.5. The molecule has 1 saturated carbocycles. The first-order valence-electron chi connectivity index (χ1n) is 7.64. The van der Waals surface area contributed by atoms with Crippen LogP contribution < -0.4 is 10.1 Å². The van der Waals surface area contributed by atoms with Crippen LogP contribution in [0.25, 0.3) is 6.08 Å². The van der Waals surface area contributed by atoms with Gasteiger partial charge in [-0.2, -0.15) is 0 Å². The summed E-state index contributed by atoms with van der Waals surface area (Å²) >= 11 is 0. The van der Waals surface area contributed by atoms with Gasteiger partial charge in [0.1, 0.15) is 5.75 Å². The Bertz CT molecular complexity index is 650. The number of nitrogens with one attached hydrogen (secondary N) is 1. The maximum absolute atomic E-state index is 12.0. The normalized spacial score (nSPS) is 17.7. The quantitative estimate of drug-likeness (QED) is 0.523. The van der Waals surface area contributed by atoms with E-state index in [0.29, 0.717) is 16.9 Å². The highest BCUT2D eigenvalue weighted by Crippen LogP contribution is 2.33. The zero-order valence-corrected chi connectivity index (χ0v) is 12.6. The Morgan fingerprint density at radius 3 is 2.87 bits per heavy atom. The van der Waals surface area contributed by atoms with Gasteiger partial charge in [-0.25, -0.2) is 0 Å². The maximum Gasteiger partial charge on any atom is 0.270 e. The van der Waals surface area contributed by atoms with Crippen molar-refractivity contribution in [1.29, 1.82) is 0 Å². The molecular weight excluding hydrogens is 300 g/mol. The van der Waals surface area contributed by atoms with E-state index in [0.717, 1.165) is 25.7 Å². The Kier molecular flexibility index (Phi) is 4.57. The van der Waals surface area contributed by atoms with E-state index in [1.165, 1.54) is 18.2 Å². The number of nitro groups is 1. The molecule has 7 nitrogen and oxygen atoms in total. The van der Waals surface area contributed by atoms with Crippen LogP contribution in [0.2, 0.25) is 0 Å². The van der Waals surface area contributed by atoms with Crippen LogP contribution in [0.3, 0.4) is 0 Å². The average molecular weight is 318 g/mol. The molecule has 1 N–H and O–H groups in total. The number of hydrogen-bond donors (Lipinski definition) is 1. The number of non-ortho nitro benzene ring substituents is 1. The Balaban J connectivity index is 1.80. The molecule has 2 aliphatic rings. The van der Waals surface area contributed by atoms with E-state index in [1.807, 2.05) is 0 Å². The second-order valence-electron chi connectivity index (χ2n) is 5.71. The molecule has 1 heterocycles. The van der Waals surface area contributed by atoms with Crippen LogP contribution in [0, 0.1) is 10.1 Å². The first-order chi connectivity index (χ1) is 11.1. The van der Waals surface area contributed by atoms with Crippen LogP contribution >= 0.6 is 0 Å². The van der Waals surface area contributed by atoms with Gasteiger partial charge in [-0.05, 0) is 18.9 Å². The van der Waals surface area contributed by atoms with Crippen molar-refractivity contribution in [2.24, 2.45) is 0 Å². The third kappa shape index (κ3) is 3.68. The number of carbonyl (C=O) groups excluding carboxylic acids is 1. The molecular formula is C16H18N2O5. The smallest absolute Gasteiger partial charge is 0.270 e. The molecule has 0 bridgehead atoms. The minimum atomic E-state index is -0.467. The van der Waals surface area contributed by atoms with Crippen molar-refractivity contribution in [1.82, 2.24) is 5.32 Å². The number of nitrogens with zero attached hydrogens (tertiary/aromatic N) is 1. The third-order valence-electron chi connectivity index (χ3n) is 4.05. The van der Waals surface area contributed by atoms with Crippen LogP contribution in [0.15, 0.2) is 18.2 Å². The van der Waals surface area contributed by atoms with Gasteiger partial charge in [0.25, 0.3) is 5.69 Å². The summed E-state index contributed by atoms with van der Waals surface area (Å²) in [7, 11) is 0. The Labute approximate surface area is 133 Å². The van der Waals surface area contributed by atoms with Gasteiger partial charge in [0.2, 0.25) is 5.91 Å². The van der Waals surface area contributed by atoms with E-state index < -0.39 is 4.92 Å². The highest BCUT2D eigenvalue weighted by atomic mass is 16.7. The predicted octanol–water partition coefficient (Wildman–Crippen LogP) is 2.53. The van der Waals surface area contributed by atoms with Gasteiger partial charge in [-0.1, -0.05) is 12.8 Å². The van der Waals surface area contributed by atoms with Gasteiger partial charge in [-0.15, -0.1) is 0 Å². The van der Waals surface area contributed by atoms with E-state index in [4.69, 9.17) is 9.47 Å². The lowest BCUT2D eigenvalue weighted by Crippen LogP contribution is -2.30. The fraction of sp³-hybridized carbons (Fsp3) is 0.438. The minimum absolute atomic E-state index is 0.0475. The number of rotatable bonds is 4. The Morgan fingerprint density at radius 1 is 1.35 bits per heavy atom. The van der Waals surface area contributed by atoms with Gasteiger partial charge < -0.3 is 14.8 Å². The number of nitro benzene ring substituents is 1. The fourth-order valence-electron chi connectivity index (χ4n) is 2.95. The lowest BCUT2D eigenvalue weighted by Gasteiger charge is -2.19. The summed E-state index contributed by atoms with van der Waals surface area (Å²) in [6, 6.07) is 3.07. The molecule has 122 valence electrons. The molecule has 7 heteroatoms. The number of ether oxygens (including phenoxy) is 2. The maximum atomic E-state index is 12.0. The molecule has 0 aromatic heterocycles. The van der Waals surface area contributed by atoms with E-state index >= 15 is 0 Å². The summed E-state index contributed by atoms with van der Waals surface area (Å²) < 4.78 is 10.6. The number of amides is 1. The van der Waals surface area contributed by atoms with Crippen LogP contribution in [-0.4, -0.2) is 23.7 Å². The number of benzene rings is 1. The molecule has 0 radical (unpaired) electrons. The SMILES string of the molecule is O=C(/C=C/c1cc([N+](=O)[O-])cc2c1OCOC2)NC1CCCC1. The van der Waals surface area contributed by atoms with Gasteiger partial charge in [0.05, 0.1) is 11.5 Å². The third-order valence-corrected chi connectivity index (χ3v) is 4.05. The molecule has 1 fully saturated rings. The number of hydrogen-bond acceptors (Lipinski definition) is 5. The second-order valence-corrected chi connectivity index (χ2v) is 5.71. The van der Waals surface area contributed by atoms with Crippen molar-refractivity contribution in [2.75, 3.05) is 6.79 Å². The van der Waals surface area contributed by atoms with Crippen LogP contribution in [0.1, 0.15) is 36.8 Å². The summed E-state index contributed by atoms with van der Waals surface area (Å²) in [6.45, 7) is 0.353. The zero-order chi connectivity index (χ0) is 16.2. The lowest BCUT2D eigenvalue weighted by molar-refractivity contribution is -0.385. The van der Waals surface area contributed by atoms with E-state index in [9.17, 15) is 14.9 Å². The Morgan fingerprint density at radius 2 is 2.13 bits per heavy atom. The van der Waals surface area contributed by atoms with Crippen LogP contribution in [-0.2, 0) is 16.1 Å². The topological polar surface area (TPSA) is 90.7 Å². The standard InChI is InChI=1S/C16H18N2O5/c19-15(17-13-3-1-2-4-13)6-5-11-7-14(18(20)21)8-12-9-22-10-23-16(11)12/h5-8,13H,1-4,9-10H2,(H,17,19)/b6-5+. The molecule has 1 aliphatic heterocycles. The first-order valence-corrected chi connectivity index (χ1v) is 7.64. The first kappa shape index (κ1) is 15.5. The predicted molar refractivity (Wildman–Crippen MR) is 82.8 cm³/mol.